The average Bonchev–Trinajstić information content (AvgIpc) is 3.40. The van der Waals surface area contributed by atoms with Gasteiger partial charge >= 0.3 is 0 Å². The second-order valence-corrected chi connectivity index (χ2v) is 11.4. The van der Waals surface area contributed by atoms with Gasteiger partial charge in [-0.3, -0.25) is 9.55 Å². The van der Waals surface area contributed by atoms with Crippen LogP contribution in [0, 0.1) is 0 Å². The molecule has 1 aliphatic rings. The van der Waals surface area contributed by atoms with Gasteiger partial charge in [0.25, 0.3) is 0 Å². The quantitative estimate of drug-likeness (QED) is 0.215. The number of hydrogen-bond acceptors (Lipinski definition) is 4. The largest absolute Gasteiger partial charge is 0.453 e. The molecule has 3 aromatic heterocycles. The molecule has 0 bridgehead atoms. The fourth-order valence-electron chi connectivity index (χ4n) is 5.76. The Balaban J connectivity index is 1.26. The predicted octanol–water partition coefficient (Wildman–Crippen LogP) is 8.86. The summed E-state index contributed by atoms with van der Waals surface area (Å²) >= 11 is 0. The van der Waals surface area contributed by atoms with Crippen LogP contribution in [0.4, 0.5) is 0 Å². The molecule has 0 amide bonds. The van der Waals surface area contributed by atoms with Crippen LogP contribution in [0.15, 0.2) is 103 Å². The Bertz CT molecular complexity index is 2120. The van der Waals surface area contributed by atoms with Crippen molar-refractivity contribution in [3.8, 4) is 39.6 Å². The van der Waals surface area contributed by atoms with Gasteiger partial charge in [-0.2, -0.15) is 0 Å². The van der Waals surface area contributed by atoms with E-state index >= 15 is 0 Å². The van der Waals surface area contributed by atoms with Crippen molar-refractivity contribution in [3.05, 3.63) is 109 Å². The number of aromatic nitrogens is 4. The molecule has 5 heteroatoms. The third-order valence-corrected chi connectivity index (χ3v) is 7.69. The number of imidazole rings is 1. The zero-order chi connectivity index (χ0) is 27.0. The third kappa shape index (κ3) is 3.37. The van der Waals surface area contributed by atoms with E-state index in [2.05, 4.69) is 103 Å². The van der Waals surface area contributed by atoms with Crippen LogP contribution in [0.2, 0.25) is 0 Å². The minimum absolute atomic E-state index is 0.150. The Hall–Kier alpha value is -5.03. The smallest absolute Gasteiger partial charge is 0.153 e. The summed E-state index contributed by atoms with van der Waals surface area (Å²) in [5, 5.41) is 2.18. The third-order valence-electron chi connectivity index (χ3n) is 7.69. The highest BCUT2D eigenvalue weighted by Crippen LogP contribution is 2.46. The van der Waals surface area contributed by atoms with Gasteiger partial charge < -0.3 is 4.74 Å². The van der Waals surface area contributed by atoms with Crippen LogP contribution in [0.5, 0.6) is 11.5 Å². The summed E-state index contributed by atoms with van der Waals surface area (Å²) in [4.78, 5) is 14.9. The Morgan fingerprint density at radius 2 is 1.38 bits per heavy atom. The first kappa shape index (κ1) is 22.9. The number of fused-ring (bicyclic) bond motifs is 5. The van der Waals surface area contributed by atoms with E-state index in [-0.39, 0.29) is 5.41 Å². The van der Waals surface area contributed by atoms with Crippen molar-refractivity contribution in [1.82, 2.24) is 19.5 Å². The topological polar surface area (TPSA) is 52.8 Å². The van der Waals surface area contributed by atoms with Crippen LogP contribution in [-0.2, 0) is 5.41 Å². The fraction of sp³-hybridized carbons (Fsp3) is 0.114. The first-order valence-corrected chi connectivity index (χ1v) is 13.5. The Morgan fingerprint density at radius 3 is 2.20 bits per heavy atom. The Kier molecular flexibility index (Phi) is 4.72. The molecule has 8 rings (SSSR count). The van der Waals surface area contributed by atoms with Crippen LogP contribution >= 0.6 is 0 Å². The van der Waals surface area contributed by atoms with Crippen molar-refractivity contribution in [1.29, 1.82) is 0 Å². The van der Waals surface area contributed by atoms with E-state index in [4.69, 9.17) is 14.7 Å². The van der Waals surface area contributed by atoms with Crippen molar-refractivity contribution in [3.63, 3.8) is 0 Å². The number of para-hydroxylation sites is 2. The van der Waals surface area contributed by atoms with Crippen molar-refractivity contribution < 1.29 is 4.74 Å². The molecule has 4 aromatic carbocycles. The molecule has 0 N–H and O–H groups in total. The normalized spacial score (nSPS) is 12.6. The van der Waals surface area contributed by atoms with Crippen molar-refractivity contribution >= 4 is 32.8 Å². The van der Waals surface area contributed by atoms with Gasteiger partial charge in [-0.05, 0) is 42.0 Å². The number of nitrogens with zero attached hydrogens (tertiary/aromatic N) is 4. The highest BCUT2D eigenvalue weighted by Gasteiger charge is 2.31. The monoisotopic (exact) mass is 518 g/mol. The first-order valence-electron chi connectivity index (χ1n) is 13.5. The van der Waals surface area contributed by atoms with E-state index in [1.54, 1.807) is 0 Å². The SMILES string of the molecule is CC(C)(C)c1nc2c(-c3ccc(-c4ccc5ccc6cccnc6c5n4)cc3)ccc3c2n1-c1ccccc1O3. The summed E-state index contributed by atoms with van der Waals surface area (Å²) in [6.07, 6.45) is 1.83. The highest BCUT2D eigenvalue weighted by molar-refractivity contribution is 6.03. The molecule has 5 nitrogen and oxygen atoms in total. The van der Waals surface area contributed by atoms with Crippen LogP contribution < -0.4 is 4.74 Å². The number of benzene rings is 4. The summed E-state index contributed by atoms with van der Waals surface area (Å²) in [6, 6.07) is 33.4. The van der Waals surface area contributed by atoms with E-state index in [0.717, 1.165) is 78.2 Å². The second kappa shape index (κ2) is 8.23. The highest BCUT2D eigenvalue weighted by atomic mass is 16.5. The summed E-state index contributed by atoms with van der Waals surface area (Å²) in [6.45, 7) is 6.62. The summed E-state index contributed by atoms with van der Waals surface area (Å²) < 4.78 is 8.61. The van der Waals surface area contributed by atoms with Gasteiger partial charge in [-0.15, -0.1) is 0 Å². The molecule has 0 spiro atoms. The van der Waals surface area contributed by atoms with Gasteiger partial charge in [0.1, 0.15) is 16.9 Å². The zero-order valence-electron chi connectivity index (χ0n) is 22.5. The summed E-state index contributed by atoms with van der Waals surface area (Å²) in [5.41, 5.74) is 8.87. The van der Waals surface area contributed by atoms with Gasteiger partial charge in [0.2, 0.25) is 0 Å². The molecular formula is C35H26N4O. The molecule has 0 fully saturated rings. The number of ether oxygens (including phenoxy) is 1. The standard InChI is InChI=1S/C35H26N4O/c1-35(2,3)34-38-32-25(17-19-29-33(32)39(34)27-8-4-5-9-28(27)40-29)21-10-12-22(13-11-21)26-18-16-24-15-14-23-7-6-20-36-30(23)31(24)37-26/h4-20H,1-3H3. The number of rotatable bonds is 2. The molecule has 0 atom stereocenters. The van der Waals surface area contributed by atoms with Gasteiger partial charge in [-0.1, -0.05) is 81.4 Å². The minimum Gasteiger partial charge on any atom is -0.453 e. The number of hydrogen-bond donors (Lipinski definition) is 0. The molecular weight excluding hydrogens is 492 g/mol. The van der Waals surface area contributed by atoms with E-state index in [1.165, 1.54) is 0 Å². The van der Waals surface area contributed by atoms with Crippen molar-refractivity contribution in [2.24, 2.45) is 0 Å². The van der Waals surface area contributed by atoms with E-state index in [0.29, 0.717) is 0 Å². The average molecular weight is 519 g/mol. The molecule has 0 radical (unpaired) electrons. The van der Waals surface area contributed by atoms with Gasteiger partial charge in [0, 0.05) is 33.5 Å². The zero-order valence-corrected chi connectivity index (χ0v) is 22.5. The molecule has 0 aliphatic carbocycles. The van der Waals surface area contributed by atoms with Gasteiger partial charge in [0.05, 0.1) is 22.4 Å². The summed E-state index contributed by atoms with van der Waals surface area (Å²) in [5.74, 6) is 2.70. The fourth-order valence-corrected chi connectivity index (χ4v) is 5.76. The molecule has 4 heterocycles. The second-order valence-electron chi connectivity index (χ2n) is 11.4. The van der Waals surface area contributed by atoms with Crippen LogP contribution in [0.25, 0.3) is 60.9 Å². The lowest BCUT2D eigenvalue weighted by molar-refractivity contribution is 0.467. The lowest BCUT2D eigenvalue weighted by Crippen LogP contribution is -2.19. The van der Waals surface area contributed by atoms with Crippen LogP contribution in [0.1, 0.15) is 26.6 Å². The van der Waals surface area contributed by atoms with Crippen molar-refractivity contribution in [2.75, 3.05) is 0 Å². The minimum atomic E-state index is -0.150. The maximum atomic E-state index is 6.33. The molecule has 1 aliphatic heterocycles. The van der Waals surface area contributed by atoms with Gasteiger partial charge in [-0.25, -0.2) is 9.97 Å². The lowest BCUT2D eigenvalue weighted by atomic mass is 9.95. The van der Waals surface area contributed by atoms with E-state index < -0.39 is 0 Å². The Morgan fingerprint density at radius 1 is 0.625 bits per heavy atom. The van der Waals surface area contributed by atoms with Crippen molar-refractivity contribution in [2.45, 2.75) is 26.2 Å². The number of pyridine rings is 2. The molecule has 0 saturated heterocycles. The van der Waals surface area contributed by atoms with Gasteiger partial charge in [0.15, 0.2) is 11.5 Å². The maximum Gasteiger partial charge on any atom is 0.153 e. The predicted molar refractivity (Wildman–Crippen MR) is 161 cm³/mol. The molecule has 0 saturated carbocycles. The van der Waals surface area contributed by atoms with E-state index in [1.807, 2.05) is 30.5 Å². The van der Waals surface area contributed by atoms with E-state index in [9.17, 15) is 0 Å². The molecule has 7 aromatic rings. The molecule has 40 heavy (non-hydrogen) atoms. The summed E-state index contributed by atoms with van der Waals surface area (Å²) in [7, 11) is 0. The molecule has 192 valence electrons. The lowest BCUT2D eigenvalue weighted by Gasteiger charge is -2.25. The van der Waals surface area contributed by atoms with Crippen LogP contribution in [0.3, 0.4) is 0 Å². The Labute approximate surface area is 231 Å². The molecule has 0 unspecified atom stereocenters. The van der Waals surface area contributed by atoms with Crippen LogP contribution in [-0.4, -0.2) is 19.5 Å². The maximum absolute atomic E-state index is 6.33. The first-order chi connectivity index (χ1) is 19.5.